The molecule has 182 valence electrons. The van der Waals surface area contributed by atoms with Crippen molar-refractivity contribution in [1.82, 2.24) is 9.80 Å². The molecule has 8 heteroatoms. The second-order valence-corrected chi connectivity index (χ2v) is 8.79. The number of carbonyl (C=O) groups excluding carboxylic acids is 2. The van der Waals surface area contributed by atoms with E-state index in [1.54, 1.807) is 40.1 Å². The van der Waals surface area contributed by atoms with E-state index in [2.05, 4.69) is 0 Å². The predicted molar refractivity (Wildman–Crippen MR) is 122 cm³/mol. The van der Waals surface area contributed by atoms with Crippen molar-refractivity contribution in [2.75, 3.05) is 39.4 Å². The van der Waals surface area contributed by atoms with Crippen LogP contribution in [0.3, 0.4) is 0 Å². The highest BCUT2D eigenvalue weighted by molar-refractivity contribution is 5.78. The second-order valence-electron chi connectivity index (χ2n) is 8.79. The van der Waals surface area contributed by atoms with Gasteiger partial charge in [0.2, 0.25) is 11.8 Å². The van der Waals surface area contributed by atoms with E-state index in [-0.39, 0.29) is 48.3 Å². The molecule has 0 spiro atoms. The number of halogens is 2. The van der Waals surface area contributed by atoms with Crippen LogP contribution in [-0.2, 0) is 20.7 Å². The fourth-order valence-electron chi connectivity index (χ4n) is 4.54. The Balaban J connectivity index is 1.41. The van der Waals surface area contributed by atoms with E-state index < -0.39 is 0 Å². The zero-order valence-corrected chi connectivity index (χ0v) is 19.1. The number of piperidine rings is 1. The van der Waals surface area contributed by atoms with Crippen molar-refractivity contribution in [3.8, 4) is 5.75 Å². The van der Waals surface area contributed by atoms with E-state index in [1.807, 2.05) is 0 Å². The van der Waals surface area contributed by atoms with Gasteiger partial charge in [-0.3, -0.25) is 9.59 Å². The monoisotopic (exact) mass is 472 g/mol. The molecule has 2 amide bonds. The lowest BCUT2D eigenvalue weighted by Gasteiger charge is -2.39. The van der Waals surface area contributed by atoms with E-state index in [0.29, 0.717) is 63.5 Å². The van der Waals surface area contributed by atoms with Gasteiger partial charge in [0.25, 0.3) is 0 Å². The molecule has 0 radical (unpaired) electrons. The third-order valence-corrected chi connectivity index (χ3v) is 6.48. The molecule has 34 heavy (non-hydrogen) atoms. The predicted octanol–water partition coefficient (Wildman–Crippen LogP) is 3.44. The van der Waals surface area contributed by atoms with E-state index in [1.165, 1.54) is 18.2 Å². The van der Waals surface area contributed by atoms with Gasteiger partial charge in [-0.15, -0.1) is 0 Å². The van der Waals surface area contributed by atoms with Crippen molar-refractivity contribution in [2.24, 2.45) is 5.92 Å². The molecule has 0 N–H and O–H groups in total. The van der Waals surface area contributed by atoms with Crippen LogP contribution in [0.1, 0.15) is 24.8 Å². The Morgan fingerprint density at radius 1 is 0.941 bits per heavy atom. The van der Waals surface area contributed by atoms with Crippen molar-refractivity contribution in [3.05, 3.63) is 65.7 Å². The molecule has 2 atom stereocenters. The maximum atomic E-state index is 13.9. The summed E-state index contributed by atoms with van der Waals surface area (Å²) in [6.45, 7) is 3.03. The van der Waals surface area contributed by atoms with E-state index in [0.717, 1.165) is 0 Å². The lowest BCUT2D eigenvalue weighted by Crippen LogP contribution is -2.50. The first-order chi connectivity index (χ1) is 16.5. The Hall–Kier alpha value is -3.00. The summed E-state index contributed by atoms with van der Waals surface area (Å²) in [4.78, 5) is 29.4. The molecular formula is C26H30F2N2O4. The molecule has 0 aromatic heterocycles. The number of hydrogen-bond acceptors (Lipinski definition) is 4. The number of amides is 2. The Labute approximate surface area is 198 Å². The quantitative estimate of drug-likeness (QED) is 0.620. The highest BCUT2D eigenvalue weighted by Gasteiger charge is 2.35. The number of hydrogen-bond donors (Lipinski definition) is 0. The van der Waals surface area contributed by atoms with E-state index >= 15 is 0 Å². The lowest BCUT2D eigenvalue weighted by atomic mass is 9.90. The minimum atomic E-state index is -0.346. The molecule has 2 aromatic rings. The SMILES string of the molecule is O=C(C[C@H]1CN(C(=O)CCc2ccccc2F)CC[C@@H]1Oc1ccc(F)cc1)N1CCOCC1. The Kier molecular flexibility index (Phi) is 8.11. The number of aryl methyl sites for hydroxylation is 1. The van der Waals surface area contributed by atoms with Gasteiger partial charge in [0.05, 0.1) is 13.2 Å². The molecule has 0 aliphatic carbocycles. The maximum Gasteiger partial charge on any atom is 0.223 e. The molecule has 6 nitrogen and oxygen atoms in total. The summed E-state index contributed by atoms with van der Waals surface area (Å²) in [5.41, 5.74) is 0.518. The summed E-state index contributed by atoms with van der Waals surface area (Å²) < 4.78 is 38.7. The van der Waals surface area contributed by atoms with Crippen LogP contribution in [0.15, 0.2) is 48.5 Å². The van der Waals surface area contributed by atoms with Crippen molar-refractivity contribution >= 4 is 11.8 Å². The summed E-state index contributed by atoms with van der Waals surface area (Å²) in [5, 5.41) is 0. The van der Waals surface area contributed by atoms with Gasteiger partial charge >= 0.3 is 0 Å². The molecule has 2 aliphatic rings. The molecule has 2 fully saturated rings. The van der Waals surface area contributed by atoms with Gasteiger partial charge in [0, 0.05) is 51.4 Å². The van der Waals surface area contributed by atoms with Crippen LogP contribution in [0, 0.1) is 17.6 Å². The Morgan fingerprint density at radius 3 is 2.41 bits per heavy atom. The highest BCUT2D eigenvalue weighted by Crippen LogP contribution is 2.27. The molecule has 2 saturated heterocycles. The zero-order chi connectivity index (χ0) is 23.9. The summed E-state index contributed by atoms with van der Waals surface area (Å²) >= 11 is 0. The molecular weight excluding hydrogens is 442 g/mol. The van der Waals surface area contributed by atoms with Crippen LogP contribution < -0.4 is 4.74 Å². The van der Waals surface area contributed by atoms with Gasteiger partial charge in [-0.1, -0.05) is 18.2 Å². The maximum absolute atomic E-state index is 13.9. The van der Waals surface area contributed by atoms with Gasteiger partial charge in [0.1, 0.15) is 23.5 Å². The van der Waals surface area contributed by atoms with E-state index in [4.69, 9.17) is 9.47 Å². The fourth-order valence-corrected chi connectivity index (χ4v) is 4.54. The van der Waals surface area contributed by atoms with Crippen molar-refractivity contribution in [1.29, 1.82) is 0 Å². The standard InChI is InChI=1S/C26H30F2N2O4/c27-21-6-8-22(9-7-21)34-24-11-12-30(25(31)10-5-19-3-1-2-4-23(19)28)18-20(24)17-26(32)29-13-15-33-16-14-29/h1-4,6-9,20,24H,5,10-18H2/t20-,24-/m0/s1. The average molecular weight is 473 g/mol. The number of benzene rings is 2. The molecule has 2 aliphatic heterocycles. The normalized spacial score (nSPS) is 20.8. The largest absolute Gasteiger partial charge is 0.490 e. The molecule has 0 unspecified atom stereocenters. The third kappa shape index (κ3) is 6.32. The summed E-state index contributed by atoms with van der Waals surface area (Å²) in [7, 11) is 0. The van der Waals surface area contributed by atoms with Crippen LogP contribution in [0.2, 0.25) is 0 Å². The number of rotatable bonds is 7. The number of ether oxygens (including phenoxy) is 2. The summed E-state index contributed by atoms with van der Waals surface area (Å²) in [6, 6.07) is 12.3. The molecule has 0 saturated carbocycles. The smallest absolute Gasteiger partial charge is 0.223 e. The van der Waals surface area contributed by atoms with Gasteiger partial charge in [-0.25, -0.2) is 8.78 Å². The van der Waals surface area contributed by atoms with Crippen LogP contribution >= 0.6 is 0 Å². The zero-order valence-electron chi connectivity index (χ0n) is 19.1. The van der Waals surface area contributed by atoms with Crippen LogP contribution in [-0.4, -0.2) is 67.1 Å². The first-order valence-electron chi connectivity index (χ1n) is 11.8. The minimum Gasteiger partial charge on any atom is -0.490 e. The van der Waals surface area contributed by atoms with Crippen LogP contribution in [0.4, 0.5) is 8.78 Å². The van der Waals surface area contributed by atoms with Crippen molar-refractivity contribution in [2.45, 2.75) is 31.8 Å². The number of nitrogens with zero attached hydrogens (tertiary/aromatic N) is 2. The van der Waals surface area contributed by atoms with Gasteiger partial charge < -0.3 is 19.3 Å². The van der Waals surface area contributed by atoms with E-state index in [9.17, 15) is 18.4 Å². The van der Waals surface area contributed by atoms with Gasteiger partial charge in [0.15, 0.2) is 0 Å². The summed E-state index contributed by atoms with van der Waals surface area (Å²) in [5.74, 6) is -0.368. The fraction of sp³-hybridized carbons (Fsp3) is 0.462. The molecule has 2 heterocycles. The molecule has 0 bridgehead atoms. The van der Waals surface area contributed by atoms with Crippen LogP contribution in [0.5, 0.6) is 5.75 Å². The first kappa shape index (κ1) is 24.1. The lowest BCUT2D eigenvalue weighted by molar-refractivity contribution is -0.141. The van der Waals surface area contributed by atoms with Gasteiger partial charge in [-0.05, 0) is 42.3 Å². The molecule has 2 aromatic carbocycles. The topological polar surface area (TPSA) is 59.1 Å². The van der Waals surface area contributed by atoms with Crippen molar-refractivity contribution < 1.29 is 27.8 Å². The Bertz CT molecular complexity index is 979. The minimum absolute atomic E-state index is 0.0154. The number of likely N-dealkylation sites (tertiary alicyclic amines) is 1. The second kappa shape index (κ2) is 11.4. The number of morpholine rings is 1. The third-order valence-electron chi connectivity index (χ3n) is 6.48. The van der Waals surface area contributed by atoms with Crippen molar-refractivity contribution in [3.63, 3.8) is 0 Å². The first-order valence-corrected chi connectivity index (χ1v) is 11.8. The highest BCUT2D eigenvalue weighted by atomic mass is 19.1. The van der Waals surface area contributed by atoms with Crippen LogP contribution in [0.25, 0.3) is 0 Å². The molecule has 4 rings (SSSR count). The van der Waals surface area contributed by atoms with Gasteiger partial charge in [-0.2, -0.15) is 0 Å². The Morgan fingerprint density at radius 2 is 1.68 bits per heavy atom. The average Bonchev–Trinajstić information content (AvgIpc) is 2.86. The summed E-state index contributed by atoms with van der Waals surface area (Å²) in [6.07, 6.45) is 1.07. The number of carbonyl (C=O) groups is 2.